The second kappa shape index (κ2) is 10.6. The third kappa shape index (κ3) is 5.48. The summed E-state index contributed by atoms with van der Waals surface area (Å²) in [6, 6.07) is 6.24. The molecule has 4 rings (SSSR count). The molecule has 0 bridgehead atoms. The maximum absolute atomic E-state index is 13.2. The van der Waals surface area contributed by atoms with Crippen LogP contribution < -0.4 is 5.56 Å². The minimum Gasteiger partial charge on any atom is -0.377 e. The number of hydrogen-bond acceptors (Lipinski definition) is 6. The van der Waals surface area contributed by atoms with E-state index in [0.717, 1.165) is 67.5 Å². The monoisotopic (exact) mass is 480 g/mol. The molecule has 190 valence electrons. The number of H-pyrrole nitrogens is 1. The molecule has 1 fully saturated rings. The highest BCUT2D eigenvalue weighted by molar-refractivity contribution is 5.80. The van der Waals surface area contributed by atoms with E-state index in [1.807, 2.05) is 10.7 Å². The Bertz CT molecular complexity index is 1210. The minimum atomic E-state index is -0.198. The van der Waals surface area contributed by atoms with Crippen LogP contribution in [0.3, 0.4) is 0 Å². The normalized spacial score (nSPS) is 17.5. The molecular formula is C27H40N6O2. The highest BCUT2D eigenvalue weighted by Gasteiger charge is 2.33. The van der Waals surface area contributed by atoms with Crippen molar-refractivity contribution in [2.45, 2.75) is 97.9 Å². The van der Waals surface area contributed by atoms with Crippen molar-refractivity contribution in [2.75, 3.05) is 13.2 Å². The van der Waals surface area contributed by atoms with Gasteiger partial charge in [0, 0.05) is 30.8 Å². The Morgan fingerprint density at radius 2 is 2.00 bits per heavy atom. The average molecular weight is 481 g/mol. The van der Waals surface area contributed by atoms with Gasteiger partial charge in [0.2, 0.25) is 0 Å². The number of nitrogens with one attached hydrogen (secondary N) is 1. The van der Waals surface area contributed by atoms with Gasteiger partial charge in [-0.2, -0.15) is 0 Å². The SMILES string of the molecule is CCC[C@H](c1nnnn1C(C)(C)CC)N(Cc1cc2cc(C)c(C)cc2[nH]c1=O)C[C@H]1CCCO1. The number of aryl methyl sites for hydroxylation is 2. The zero-order valence-corrected chi connectivity index (χ0v) is 22.1. The molecule has 3 aromatic rings. The molecule has 0 amide bonds. The van der Waals surface area contributed by atoms with E-state index < -0.39 is 0 Å². The molecule has 0 radical (unpaired) electrons. The first-order chi connectivity index (χ1) is 16.7. The van der Waals surface area contributed by atoms with Crippen molar-refractivity contribution >= 4 is 10.9 Å². The Kier molecular flexibility index (Phi) is 7.71. The second-order valence-electron chi connectivity index (χ2n) is 10.6. The van der Waals surface area contributed by atoms with Crippen LogP contribution in [-0.2, 0) is 16.8 Å². The minimum absolute atomic E-state index is 0.0140. The average Bonchev–Trinajstić information content (AvgIpc) is 3.51. The molecule has 8 nitrogen and oxygen atoms in total. The number of tetrazole rings is 1. The number of aromatic amines is 1. The molecule has 2 atom stereocenters. The van der Waals surface area contributed by atoms with Gasteiger partial charge in [-0.1, -0.05) is 20.3 Å². The molecule has 0 spiro atoms. The van der Waals surface area contributed by atoms with Gasteiger partial charge in [-0.3, -0.25) is 9.69 Å². The summed E-state index contributed by atoms with van der Waals surface area (Å²) in [6.45, 7) is 14.9. The molecule has 2 aromatic heterocycles. The summed E-state index contributed by atoms with van der Waals surface area (Å²) < 4.78 is 8.01. The van der Waals surface area contributed by atoms with Crippen LogP contribution in [-0.4, -0.2) is 49.3 Å². The zero-order valence-electron chi connectivity index (χ0n) is 22.1. The number of ether oxygens (including phenoxy) is 1. The van der Waals surface area contributed by atoms with E-state index in [2.05, 4.69) is 79.1 Å². The molecule has 1 saturated heterocycles. The molecule has 0 unspecified atom stereocenters. The standard InChI is InChI=1S/C27H40N6O2/c1-7-10-24(25-29-30-31-33(25)27(5,6)8-2)32(17-22-11-9-12-35-22)16-21-15-20-13-18(3)19(4)14-23(20)28-26(21)34/h13-15,22,24H,7-12,16-17H2,1-6H3,(H,28,34)/t22-,24-/m1/s1. The Hall–Kier alpha value is -2.58. The van der Waals surface area contributed by atoms with E-state index in [4.69, 9.17) is 4.74 Å². The molecule has 1 N–H and O–H groups in total. The van der Waals surface area contributed by atoms with Gasteiger partial charge >= 0.3 is 0 Å². The highest BCUT2D eigenvalue weighted by atomic mass is 16.5. The Labute approximate surface area is 208 Å². The number of aromatic nitrogens is 5. The topological polar surface area (TPSA) is 88.9 Å². The van der Waals surface area contributed by atoms with Crippen LogP contribution >= 0.6 is 0 Å². The van der Waals surface area contributed by atoms with E-state index >= 15 is 0 Å². The maximum Gasteiger partial charge on any atom is 0.252 e. The van der Waals surface area contributed by atoms with Crippen LogP contribution in [0.5, 0.6) is 0 Å². The van der Waals surface area contributed by atoms with Gasteiger partial charge in [-0.05, 0) is 98.5 Å². The molecule has 3 heterocycles. The van der Waals surface area contributed by atoms with Crippen molar-refractivity contribution in [3.05, 3.63) is 51.1 Å². The van der Waals surface area contributed by atoms with Gasteiger partial charge in [0.15, 0.2) is 5.82 Å². The lowest BCUT2D eigenvalue weighted by molar-refractivity contribution is 0.0462. The molecule has 1 aliphatic heterocycles. The fourth-order valence-electron chi connectivity index (χ4n) is 4.94. The van der Waals surface area contributed by atoms with E-state index in [9.17, 15) is 4.79 Å². The number of fused-ring (bicyclic) bond motifs is 1. The van der Waals surface area contributed by atoms with Crippen molar-refractivity contribution in [2.24, 2.45) is 0 Å². The molecule has 1 aromatic carbocycles. The third-order valence-corrected chi connectivity index (χ3v) is 7.60. The van der Waals surface area contributed by atoms with Gasteiger partial charge in [0.25, 0.3) is 5.56 Å². The first-order valence-electron chi connectivity index (χ1n) is 13.0. The molecule has 0 saturated carbocycles. The zero-order chi connectivity index (χ0) is 25.2. The smallest absolute Gasteiger partial charge is 0.252 e. The second-order valence-corrected chi connectivity index (χ2v) is 10.6. The number of nitrogens with zero attached hydrogens (tertiary/aromatic N) is 5. The lowest BCUT2D eigenvalue weighted by atomic mass is 10.00. The lowest BCUT2D eigenvalue weighted by Gasteiger charge is -2.34. The molecule has 35 heavy (non-hydrogen) atoms. The summed E-state index contributed by atoms with van der Waals surface area (Å²) in [5.41, 5.74) is 3.79. The molecule has 1 aliphatic rings. The summed E-state index contributed by atoms with van der Waals surface area (Å²) in [5.74, 6) is 0.861. The maximum atomic E-state index is 13.2. The lowest BCUT2D eigenvalue weighted by Crippen LogP contribution is -2.39. The predicted octanol–water partition coefficient (Wildman–Crippen LogP) is 4.80. The van der Waals surface area contributed by atoms with Crippen LogP contribution in [0, 0.1) is 13.8 Å². The summed E-state index contributed by atoms with van der Waals surface area (Å²) >= 11 is 0. The van der Waals surface area contributed by atoms with Crippen LogP contribution in [0.4, 0.5) is 0 Å². The van der Waals surface area contributed by atoms with Crippen molar-refractivity contribution in [3.63, 3.8) is 0 Å². The van der Waals surface area contributed by atoms with E-state index in [0.29, 0.717) is 6.54 Å². The quantitative estimate of drug-likeness (QED) is 0.448. The number of hydrogen-bond donors (Lipinski definition) is 1. The van der Waals surface area contributed by atoms with Gasteiger partial charge < -0.3 is 9.72 Å². The first-order valence-corrected chi connectivity index (χ1v) is 13.0. The molecular weight excluding hydrogens is 440 g/mol. The van der Waals surface area contributed by atoms with Crippen molar-refractivity contribution in [1.82, 2.24) is 30.1 Å². The first kappa shape index (κ1) is 25.5. The number of rotatable bonds is 10. The Morgan fingerprint density at radius 3 is 2.69 bits per heavy atom. The van der Waals surface area contributed by atoms with Gasteiger partial charge in [0.1, 0.15) is 0 Å². The van der Waals surface area contributed by atoms with Gasteiger partial charge in [-0.15, -0.1) is 5.10 Å². The van der Waals surface area contributed by atoms with Crippen molar-refractivity contribution in [3.8, 4) is 0 Å². The Morgan fingerprint density at radius 1 is 1.23 bits per heavy atom. The van der Waals surface area contributed by atoms with E-state index in [1.165, 1.54) is 11.1 Å². The largest absolute Gasteiger partial charge is 0.377 e. The van der Waals surface area contributed by atoms with Crippen LogP contribution in [0.2, 0.25) is 0 Å². The fourth-order valence-corrected chi connectivity index (χ4v) is 4.94. The Balaban J connectivity index is 1.75. The summed E-state index contributed by atoms with van der Waals surface area (Å²) in [5, 5.41) is 14.0. The molecule has 8 heteroatoms. The summed E-state index contributed by atoms with van der Waals surface area (Å²) in [7, 11) is 0. The summed E-state index contributed by atoms with van der Waals surface area (Å²) in [4.78, 5) is 18.7. The van der Waals surface area contributed by atoms with Crippen LogP contribution in [0.25, 0.3) is 10.9 Å². The molecule has 0 aliphatic carbocycles. The van der Waals surface area contributed by atoms with Gasteiger partial charge in [0.05, 0.1) is 17.7 Å². The predicted molar refractivity (Wildman–Crippen MR) is 139 cm³/mol. The highest BCUT2D eigenvalue weighted by Crippen LogP contribution is 2.31. The number of pyridine rings is 1. The van der Waals surface area contributed by atoms with Crippen molar-refractivity contribution in [1.29, 1.82) is 0 Å². The number of benzene rings is 1. The van der Waals surface area contributed by atoms with E-state index in [1.54, 1.807) is 0 Å². The van der Waals surface area contributed by atoms with Gasteiger partial charge in [-0.25, -0.2) is 4.68 Å². The van der Waals surface area contributed by atoms with Crippen LogP contribution in [0.1, 0.15) is 88.4 Å². The van der Waals surface area contributed by atoms with Crippen molar-refractivity contribution < 1.29 is 4.74 Å². The third-order valence-electron chi connectivity index (χ3n) is 7.60. The fraction of sp³-hybridized carbons (Fsp3) is 0.630. The van der Waals surface area contributed by atoms with E-state index in [-0.39, 0.29) is 23.2 Å². The van der Waals surface area contributed by atoms with Crippen LogP contribution in [0.15, 0.2) is 23.0 Å². The summed E-state index contributed by atoms with van der Waals surface area (Å²) in [6.07, 6.45) is 5.07.